The van der Waals surface area contributed by atoms with Crippen LogP contribution in [0.3, 0.4) is 0 Å². The van der Waals surface area contributed by atoms with Gasteiger partial charge in [-0.1, -0.05) is 78.9 Å². The predicted molar refractivity (Wildman–Crippen MR) is 144 cm³/mol. The third kappa shape index (κ3) is 6.53. The maximum Gasteiger partial charge on any atom is 0.251 e. The van der Waals surface area contributed by atoms with Crippen molar-refractivity contribution in [1.82, 2.24) is 15.1 Å². The van der Waals surface area contributed by atoms with Crippen LogP contribution in [0.5, 0.6) is 0 Å². The second-order valence-corrected chi connectivity index (χ2v) is 9.74. The molecule has 1 fully saturated rings. The van der Waals surface area contributed by atoms with E-state index in [-0.39, 0.29) is 17.9 Å². The van der Waals surface area contributed by atoms with Gasteiger partial charge >= 0.3 is 0 Å². The number of nitrogens with one attached hydrogen (secondary N) is 1. The number of carbonyl (C=O) groups is 2. The second-order valence-electron chi connectivity index (χ2n) is 8.76. The number of hydrogen-bond acceptors (Lipinski definition) is 4. The minimum Gasteiger partial charge on any atom is -0.340 e. The third-order valence-corrected chi connectivity index (χ3v) is 7.12. The highest BCUT2D eigenvalue weighted by atomic mass is 32.2. The van der Waals surface area contributed by atoms with Crippen LogP contribution in [0, 0.1) is 0 Å². The summed E-state index contributed by atoms with van der Waals surface area (Å²) in [4.78, 5) is 30.6. The van der Waals surface area contributed by atoms with Gasteiger partial charge in [-0.05, 0) is 41.7 Å². The van der Waals surface area contributed by atoms with Crippen molar-refractivity contribution in [1.29, 1.82) is 0 Å². The topological polar surface area (TPSA) is 52.7 Å². The average Bonchev–Trinajstić information content (AvgIpc) is 2.93. The summed E-state index contributed by atoms with van der Waals surface area (Å²) in [5.41, 5.74) is 3.09. The van der Waals surface area contributed by atoms with E-state index in [1.165, 1.54) is 11.1 Å². The van der Waals surface area contributed by atoms with Crippen molar-refractivity contribution in [3.63, 3.8) is 0 Å². The van der Waals surface area contributed by atoms with Gasteiger partial charge in [-0.3, -0.25) is 14.5 Å². The zero-order valence-electron chi connectivity index (χ0n) is 20.2. The number of thioether (sulfide) groups is 1. The summed E-state index contributed by atoms with van der Waals surface area (Å²) < 4.78 is 0. The molecule has 1 heterocycles. The summed E-state index contributed by atoms with van der Waals surface area (Å²) in [7, 11) is 0. The Morgan fingerprint density at radius 3 is 1.83 bits per heavy atom. The van der Waals surface area contributed by atoms with Crippen molar-refractivity contribution in [2.24, 2.45) is 0 Å². The smallest absolute Gasteiger partial charge is 0.251 e. The molecule has 1 N–H and O–H groups in total. The molecular weight excluding hydrogens is 454 g/mol. The summed E-state index contributed by atoms with van der Waals surface area (Å²) in [5.74, 6) is 0.631. The van der Waals surface area contributed by atoms with Crippen molar-refractivity contribution in [2.45, 2.75) is 18.5 Å². The van der Waals surface area contributed by atoms with E-state index < -0.39 is 6.04 Å². The van der Waals surface area contributed by atoms with E-state index in [9.17, 15) is 9.59 Å². The van der Waals surface area contributed by atoms with E-state index in [4.69, 9.17) is 0 Å². The Morgan fingerprint density at radius 2 is 1.31 bits per heavy atom. The van der Waals surface area contributed by atoms with E-state index in [1.807, 2.05) is 41.5 Å². The number of carbonyl (C=O) groups excluding carboxylic acids is 2. The van der Waals surface area contributed by atoms with E-state index in [0.29, 0.717) is 25.1 Å². The molecule has 0 spiro atoms. The first-order chi connectivity index (χ1) is 17.2. The molecule has 4 rings (SSSR count). The summed E-state index contributed by atoms with van der Waals surface area (Å²) in [6, 6.07) is 29.8. The van der Waals surface area contributed by atoms with Crippen LogP contribution in [0.2, 0.25) is 0 Å². The van der Waals surface area contributed by atoms with Gasteiger partial charge in [0, 0.05) is 31.7 Å². The lowest BCUT2D eigenvalue weighted by Gasteiger charge is -2.40. The van der Waals surface area contributed by atoms with Crippen LogP contribution in [-0.2, 0) is 4.79 Å². The van der Waals surface area contributed by atoms with Crippen molar-refractivity contribution < 1.29 is 9.59 Å². The Hall–Kier alpha value is -3.09. The maximum absolute atomic E-state index is 13.5. The Kier molecular flexibility index (Phi) is 8.98. The molecule has 182 valence electrons. The van der Waals surface area contributed by atoms with Crippen molar-refractivity contribution in [3.05, 3.63) is 108 Å². The molecule has 0 aromatic heterocycles. The number of piperazine rings is 1. The largest absolute Gasteiger partial charge is 0.340 e. The number of nitrogens with zero attached hydrogens (tertiary/aromatic N) is 2. The standard InChI is InChI=1S/C29H33N3O2S/c1-35-22-17-26(30-28(33)25-15-9-4-10-16-25)29(34)32-20-18-31(19-21-32)27(23-11-5-2-6-12-23)24-13-7-3-8-14-24/h2-16,26-27H,17-22H2,1H3,(H,30,33)/t26-/m1/s1. The fraction of sp³-hybridized carbons (Fsp3) is 0.310. The van der Waals surface area contributed by atoms with Gasteiger partial charge in [-0.25, -0.2) is 0 Å². The Bertz CT molecular complexity index is 1030. The van der Waals surface area contributed by atoms with Crippen LogP contribution in [0.1, 0.15) is 33.9 Å². The van der Waals surface area contributed by atoms with Gasteiger partial charge in [0.2, 0.25) is 5.91 Å². The highest BCUT2D eigenvalue weighted by molar-refractivity contribution is 7.98. The molecule has 5 nitrogen and oxygen atoms in total. The lowest BCUT2D eigenvalue weighted by atomic mass is 9.96. The first kappa shape index (κ1) is 25.0. The van der Waals surface area contributed by atoms with Crippen molar-refractivity contribution in [3.8, 4) is 0 Å². The summed E-state index contributed by atoms with van der Waals surface area (Å²) in [5, 5.41) is 2.99. The molecule has 1 atom stereocenters. The monoisotopic (exact) mass is 487 g/mol. The number of benzene rings is 3. The Morgan fingerprint density at radius 1 is 0.800 bits per heavy atom. The minimum absolute atomic E-state index is 0.0129. The Balaban J connectivity index is 1.44. The van der Waals surface area contributed by atoms with Gasteiger partial charge in [-0.15, -0.1) is 0 Å². The summed E-state index contributed by atoms with van der Waals surface area (Å²) in [6.45, 7) is 2.85. The molecule has 2 amide bonds. The van der Waals surface area contributed by atoms with Crippen LogP contribution < -0.4 is 5.32 Å². The van der Waals surface area contributed by atoms with Gasteiger partial charge in [0.25, 0.3) is 5.91 Å². The number of rotatable bonds is 9. The van der Waals surface area contributed by atoms with Gasteiger partial charge in [0.1, 0.15) is 6.04 Å². The first-order valence-corrected chi connectivity index (χ1v) is 13.5. The van der Waals surface area contributed by atoms with Crippen LogP contribution in [0.15, 0.2) is 91.0 Å². The maximum atomic E-state index is 13.5. The molecular formula is C29H33N3O2S. The van der Waals surface area contributed by atoms with Crippen LogP contribution in [0.4, 0.5) is 0 Å². The molecule has 1 aliphatic rings. The fourth-order valence-corrected chi connectivity index (χ4v) is 5.10. The fourth-order valence-electron chi connectivity index (χ4n) is 4.63. The zero-order chi connectivity index (χ0) is 24.5. The predicted octanol–water partition coefficient (Wildman–Crippen LogP) is 4.47. The lowest BCUT2D eigenvalue weighted by Crippen LogP contribution is -2.55. The minimum atomic E-state index is -0.513. The molecule has 0 bridgehead atoms. The van der Waals surface area contributed by atoms with E-state index in [0.717, 1.165) is 18.8 Å². The molecule has 3 aromatic carbocycles. The lowest BCUT2D eigenvalue weighted by molar-refractivity contribution is -0.135. The van der Waals surface area contributed by atoms with Crippen LogP contribution in [0.25, 0.3) is 0 Å². The van der Waals surface area contributed by atoms with Crippen LogP contribution >= 0.6 is 11.8 Å². The Labute approximate surface area is 212 Å². The third-order valence-electron chi connectivity index (χ3n) is 6.47. The average molecular weight is 488 g/mol. The molecule has 0 saturated carbocycles. The van der Waals surface area contributed by atoms with Crippen molar-refractivity contribution in [2.75, 3.05) is 38.2 Å². The molecule has 1 saturated heterocycles. The van der Waals surface area contributed by atoms with E-state index >= 15 is 0 Å². The quantitative estimate of drug-likeness (QED) is 0.484. The number of hydrogen-bond donors (Lipinski definition) is 1. The molecule has 0 radical (unpaired) electrons. The van der Waals surface area contributed by atoms with Gasteiger partial charge in [0.15, 0.2) is 0 Å². The molecule has 6 heteroatoms. The van der Waals surface area contributed by atoms with Gasteiger partial charge in [0.05, 0.1) is 6.04 Å². The highest BCUT2D eigenvalue weighted by Gasteiger charge is 2.31. The molecule has 35 heavy (non-hydrogen) atoms. The summed E-state index contributed by atoms with van der Waals surface area (Å²) >= 11 is 1.69. The normalized spacial score (nSPS) is 15.1. The molecule has 0 unspecified atom stereocenters. The zero-order valence-corrected chi connectivity index (χ0v) is 21.0. The molecule has 0 aliphatic carbocycles. The van der Waals surface area contributed by atoms with Gasteiger partial charge < -0.3 is 10.2 Å². The van der Waals surface area contributed by atoms with Gasteiger partial charge in [-0.2, -0.15) is 11.8 Å². The second kappa shape index (κ2) is 12.6. The van der Waals surface area contributed by atoms with E-state index in [1.54, 1.807) is 23.9 Å². The van der Waals surface area contributed by atoms with E-state index in [2.05, 4.69) is 58.7 Å². The summed E-state index contributed by atoms with van der Waals surface area (Å²) in [6.07, 6.45) is 2.64. The SMILES string of the molecule is CSCC[C@@H](NC(=O)c1ccccc1)C(=O)N1CCN(C(c2ccccc2)c2ccccc2)CC1. The highest BCUT2D eigenvalue weighted by Crippen LogP contribution is 2.29. The van der Waals surface area contributed by atoms with Crippen LogP contribution in [-0.4, -0.2) is 65.8 Å². The molecule has 1 aliphatic heterocycles. The number of amides is 2. The first-order valence-electron chi connectivity index (χ1n) is 12.1. The molecule has 3 aromatic rings. The van der Waals surface area contributed by atoms with Crippen molar-refractivity contribution >= 4 is 23.6 Å².